The molecule has 6 nitrogen and oxygen atoms in total. The molecule has 1 fully saturated rings. The molecule has 0 aliphatic carbocycles. The van der Waals surface area contributed by atoms with E-state index in [-0.39, 0.29) is 18.9 Å². The van der Waals surface area contributed by atoms with Crippen LogP contribution in [0.15, 0.2) is 30.3 Å². The minimum Gasteiger partial charge on any atom is -0.481 e. The van der Waals surface area contributed by atoms with Crippen LogP contribution in [0, 0.1) is 5.92 Å². The number of carboxylic acids is 1. The molecule has 1 aliphatic heterocycles. The molecule has 1 N–H and O–H groups in total. The highest BCUT2D eigenvalue weighted by molar-refractivity contribution is 7.81. The third-order valence-electron chi connectivity index (χ3n) is 4.44. The summed E-state index contributed by atoms with van der Waals surface area (Å²) in [5, 5.41) is 9.48. The van der Waals surface area contributed by atoms with Gasteiger partial charge in [0, 0.05) is 18.5 Å². The van der Waals surface area contributed by atoms with Gasteiger partial charge in [-0.05, 0) is 25.8 Å². The Balaban J connectivity index is 2.13. The molecule has 1 heterocycles. The Labute approximate surface area is 146 Å². The zero-order chi connectivity index (χ0) is 18.1. The summed E-state index contributed by atoms with van der Waals surface area (Å²) in [6, 6.07) is 8.47. The molecule has 0 radical (unpaired) electrons. The van der Waals surface area contributed by atoms with Crippen LogP contribution in [0.5, 0.6) is 0 Å². The van der Waals surface area contributed by atoms with Crippen molar-refractivity contribution >= 4 is 35.0 Å². The third-order valence-corrected chi connectivity index (χ3v) is 4.96. The number of carboxylic acid groups (broad SMARTS) is 1. The molecule has 2 rings (SSSR count). The molecule has 3 amide bonds. The van der Waals surface area contributed by atoms with Crippen molar-refractivity contribution in [3.05, 3.63) is 35.9 Å². The predicted molar refractivity (Wildman–Crippen MR) is 92.8 cm³/mol. The average Bonchev–Trinajstić information content (AvgIpc) is 2.69. The topological polar surface area (TPSA) is 77.9 Å². The number of nitrogens with zero attached hydrogens (tertiary/aromatic N) is 2. The van der Waals surface area contributed by atoms with Crippen molar-refractivity contribution in [2.24, 2.45) is 5.92 Å². The highest BCUT2D eigenvalue weighted by Gasteiger charge is 2.49. The van der Waals surface area contributed by atoms with E-state index < -0.39 is 23.5 Å². The first-order valence-corrected chi connectivity index (χ1v) is 8.00. The molecular weight excluding hydrogens is 328 g/mol. The molecule has 1 aromatic rings. The number of amides is 3. The first-order chi connectivity index (χ1) is 11.2. The second-order valence-corrected chi connectivity index (χ2v) is 6.71. The summed E-state index contributed by atoms with van der Waals surface area (Å²) in [5.74, 6) is -2.32. The van der Waals surface area contributed by atoms with Gasteiger partial charge in [-0.25, -0.2) is 4.79 Å². The molecule has 1 atom stereocenters. The normalized spacial score (nSPS) is 18.0. The van der Waals surface area contributed by atoms with Crippen LogP contribution in [0.1, 0.15) is 25.8 Å². The van der Waals surface area contributed by atoms with Crippen LogP contribution < -0.4 is 0 Å². The largest absolute Gasteiger partial charge is 0.481 e. The van der Waals surface area contributed by atoms with E-state index in [1.165, 1.54) is 4.90 Å². The summed E-state index contributed by atoms with van der Waals surface area (Å²) in [7, 11) is 1.56. The third kappa shape index (κ3) is 3.17. The first kappa shape index (κ1) is 18.1. The van der Waals surface area contributed by atoms with Crippen LogP contribution in [0.4, 0.5) is 4.79 Å². The molecule has 1 saturated heterocycles. The lowest BCUT2D eigenvalue weighted by atomic mass is 9.95. The van der Waals surface area contributed by atoms with E-state index in [9.17, 15) is 19.5 Å². The summed E-state index contributed by atoms with van der Waals surface area (Å²) in [6.07, 6.45) is 0.0878. The minimum absolute atomic E-state index is 0.0232. The quantitative estimate of drug-likeness (QED) is 0.484. The van der Waals surface area contributed by atoms with Gasteiger partial charge in [0.05, 0.1) is 5.92 Å². The molecule has 0 aromatic heterocycles. The van der Waals surface area contributed by atoms with Gasteiger partial charge >= 0.3 is 12.0 Å². The Morgan fingerprint density at radius 2 is 1.83 bits per heavy atom. The monoisotopic (exact) mass is 348 g/mol. The van der Waals surface area contributed by atoms with Crippen molar-refractivity contribution in [1.29, 1.82) is 0 Å². The summed E-state index contributed by atoms with van der Waals surface area (Å²) in [4.78, 5) is 38.9. The lowest BCUT2D eigenvalue weighted by molar-refractivity contribution is -0.140. The van der Waals surface area contributed by atoms with Crippen molar-refractivity contribution in [2.45, 2.75) is 25.8 Å². The second kappa shape index (κ2) is 6.68. The van der Waals surface area contributed by atoms with E-state index in [1.54, 1.807) is 45.2 Å². The maximum absolute atomic E-state index is 12.4. The molecule has 0 bridgehead atoms. The number of rotatable bonds is 6. The summed E-state index contributed by atoms with van der Waals surface area (Å²) < 4.78 is 0. The Morgan fingerprint density at radius 3 is 2.29 bits per heavy atom. The number of aliphatic carboxylic acids is 1. The number of hydrogen-bond acceptors (Lipinski definition) is 4. The van der Waals surface area contributed by atoms with Crippen molar-refractivity contribution in [3.8, 4) is 0 Å². The zero-order valence-corrected chi connectivity index (χ0v) is 14.7. The van der Waals surface area contributed by atoms with Gasteiger partial charge in [-0.2, -0.15) is 0 Å². The number of thiocarbonyl (C=S) groups is 1. The standard InChI is InChI=1S/C17H20N2O4S/c1-17(2)15(22)19(16(23)18(17)3)10-9-12(14(20)21)13(24)11-7-5-4-6-8-11/h4-8,12H,9-10H2,1-3H3,(H,20,21). The molecule has 7 heteroatoms. The minimum atomic E-state index is -1.06. The predicted octanol–water partition coefficient (Wildman–Crippen LogP) is 2.17. The second-order valence-electron chi connectivity index (χ2n) is 6.27. The van der Waals surface area contributed by atoms with Crippen LogP contribution in [0.3, 0.4) is 0 Å². The fourth-order valence-corrected chi connectivity index (χ4v) is 2.96. The van der Waals surface area contributed by atoms with E-state index in [0.29, 0.717) is 10.4 Å². The fourth-order valence-electron chi connectivity index (χ4n) is 2.61. The van der Waals surface area contributed by atoms with Gasteiger partial charge in [0.15, 0.2) is 0 Å². The maximum Gasteiger partial charge on any atom is 0.327 e. The van der Waals surface area contributed by atoms with Crippen LogP contribution >= 0.6 is 12.2 Å². The van der Waals surface area contributed by atoms with Gasteiger partial charge in [0.1, 0.15) is 5.54 Å². The van der Waals surface area contributed by atoms with Crippen LogP contribution in [0.2, 0.25) is 0 Å². The van der Waals surface area contributed by atoms with Gasteiger partial charge in [-0.1, -0.05) is 42.5 Å². The Bertz CT molecular complexity index is 687. The lowest BCUT2D eigenvalue weighted by Gasteiger charge is -2.22. The SMILES string of the molecule is CN1C(=O)N(CCC(C(=O)O)C(=S)c2ccccc2)C(=O)C1(C)C. The fraction of sp³-hybridized carbons (Fsp3) is 0.412. The Kier molecular flexibility index (Phi) is 5.03. The van der Waals surface area contributed by atoms with E-state index in [4.69, 9.17) is 12.2 Å². The van der Waals surface area contributed by atoms with Gasteiger partial charge in [-0.3, -0.25) is 14.5 Å². The van der Waals surface area contributed by atoms with E-state index in [1.807, 2.05) is 6.07 Å². The molecule has 24 heavy (non-hydrogen) atoms. The van der Waals surface area contributed by atoms with E-state index >= 15 is 0 Å². The number of hydrogen-bond donors (Lipinski definition) is 1. The number of carbonyl (C=O) groups excluding carboxylic acids is 2. The Morgan fingerprint density at radius 1 is 1.25 bits per heavy atom. The van der Waals surface area contributed by atoms with E-state index in [2.05, 4.69) is 0 Å². The van der Waals surface area contributed by atoms with Crippen LogP contribution in [-0.4, -0.2) is 56.8 Å². The summed E-state index contributed by atoms with van der Waals surface area (Å²) in [6.45, 7) is 3.35. The Hall–Kier alpha value is -2.28. The molecule has 0 saturated carbocycles. The summed E-state index contributed by atoms with van der Waals surface area (Å²) in [5.41, 5.74) is -0.258. The zero-order valence-electron chi connectivity index (χ0n) is 13.9. The number of imide groups is 1. The number of likely N-dealkylation sites (N-methyl/N-ethyl adjacent to an activating group) is 1. The first-order valence-electron chi connectivity index (χ1n) is 7.59. The number of benzene rings is 1. The molecule has 1 unspecified atom stereocenters. The smallest absolute Gasteiger partial charge is 0.327 e. The average molecular weight is 348 g/mol. The highest BCUT2D eigenvalue weighted by atomic mass is 32.1. The molecule has 0 spiro atoms. The lowest BCUT2D eigenvalue weighted by Crippen LogP contribution is -2.41. The molecule has 1 aromatic carbocycles. The molecule has 1 aliphatic rings. The van der Waals surface area contributed by atoms with Gasteiger partial charge < -0.3 is 10.0 Å². The number of urea groups is 1. The van der Waals surface area contributed by atoms with Crippen LogP contribution in [0.25, 0.3) is 0 Å². The van der Waals surface area contributed by atoms with Gasteiger partial charge in [0.25, 0.3) is 5.91 Å². The maximum atomic E-state index is 12.4. The van der Waals surface area contributed by atoms with Gasteiger partial charge in [-0.15, -0.1) is 0 Å². The summed E-state index contributed by atoms with van der Waals surface area (Å²) >= 11 is 5.31. The molecule has 128 valence electrons. The van der Waals surface area contributed by atoms with Crippen molar-refractivity contribution < 1.29 is 19.5 Å². The van der Waals surface area contributed by atoms with Crippen molar-refractivity contribution in [1.82, 2.24) is 9.80 Å². The highest BCUT2D eigenvalue weighted by Crippen LogP contribution is 2.26. The number of carbonyl (C=O) groups is 3. The van der Waals surface area contributed by atoms with E-state index in [0.717, 1.165) is 4.90 Å². The van der Waals surface area contributed by atoms with Gasteiger partial charge in [0.2, 0.25) is 0 Å². The van der Waals surface area contributed by atoms with Crippen molar-refractivity contribution in [2.75, 3.05) is 13.6 Å². The molecular formula is C17H20N2O4S. The van der Waals surface area contributed by atoms with Crippen LogP contribution in [-0.2, 0) is 9.59 Å². The van der Waals surface area contributed by atoms with Crippen molar-refractivity contribution in [3.63, 3.8) is 0 Å².